The maximum Gasteiger partial charge on any atom is 0.410 e. The summed E-state index contributed by atoms with van der Waals surface area (Å²) in [7, 11) is 0. The average Bonchev–Trinajstić information content (AvgIpc) is 2.82. The number of halogens is 1. The molecule has 5 nitrogen and oxygen atoms in total. The number of fused-ring (bicyclic) bond motifs is 1. The van der Waals surface area contributed by atoms with Crippen LogP contribution in [0.5, 0.6) is 5.75 Å². The number of likely N-dealkylation sites (tertiary alicyclic amines) is 1. The van der Waals surface area contributed by atoms with Crippen molar-refractivity contribution in [1.29, 1.82) is 0 Å². The van der Waals surface area contributed by atoms with E-state index in [1.165, 1.54) is 0 Å². The average molecular weight is 382 g/mol. The first-order valence-corrected chi connectivity index (χ1v) is 8.47. The maximum atomic E-state index is 12.5. The highest BCUT2D eigenvalue weighted by Gasteiger charge is 2.47. The van der Waals surface area contributed by atoms with Crippen molar-refractivity contribution in [3.05, 3.63) is 28.2 Å². The predicted octanol–water partition coefficient (Wildman–Crippen LogP) is 3.79. The van der Waals surface area contributed by atoms with Crippen molar-refractivity contribution < 1.29 is 19.1 Å². The Labute approximate surface area is 144 Å². The molecule has 124 valence electrons. The van der Waals surface area contributed by atoms with Crippen LogP contribution in [0.25, 0.3) is 0 Å². The molecule has 6 heteroatoms. The topological polar surface area (TPSA) is 55.8 Å². The lowest BCUT2D eigenvalue weighted by atomic mass is 9.89. The van der Waals surface area contributed by atoms with Crippen LogP contribution in [0.2, 0.25) is 0 Å². The van der Waals surface area contributed by atoms with E-state index in [0.29, 0.717) is 30.8 Å². The smallest absolute Gasteiger partial charge is 0.410 e. The number of amides is 1. The zero-order valence-corrected chi connectivity index (χ0v) is 15.1. The lowest BCUT2D eigenvalue weighted by molar-refractivity contribution is 0.0171. The zero-order valence-electron chi connectivity index (χ0n) is 13.5. The first-order chi connectivity index (χ1) is 10.7. The van der Waals surface area contributed by atoms with Crippen molar-refractivity contribution in [3.8, 4) is 5.75 Å². The fourth-order valence-corrected chi connectivity index (χ4v) is 3.38. The van der Waals surface area contributed by atoms with Gasteiger partial charge in [-0.2, -0.15) is 0 Å². The van der Waals surface area contributed by atoms with Gasteiger partial charge in [0.1, 0.15) is 17.0 Å². The van der Waals surface area contributed by atoms with Gasteiger partial charge in [-0.25, -0.2) is 4.79 Å². The van der Waals surface area contributed by atoms with E-state index in [-0.39, 0.29) is 18.3 Å². The summed E-state index contributed by atoms with van der Waals surface area (Å²) < 4.78 is 12.4. The molecule has 1 saturated heterocycles. The Kier molecular flexibility index (Phi) is 3.91. The Morgan fingerprint density at radius 3 is 2.83 bits per heavy atom. The molecule has 1 aromatic carbocycles. The fourth-order valence-electron chi connectivity index (χ4n) is 3.02. The normalized spacial score (nSPS) is 23.7. The SMILES string of the molecule is CC(C)(C)OC(=O)N1CCC2(CC(=O)c3cc(Br)ccc3O2)C1. The third-order valence-corrected chi connectivity index (χ3v) is 4.51. The van der Waals surface area contributed by atoms with Gasteiger partial charge in [0.05, 0.1) is 18.5 Å². The van der Waals surface area contributed by atoms with Gasteiger partial charge in [-0.1, -0.05) is 15.9 Å². The minimum Gasteiger partial charge on any atom is -0.484 e. The van der Waals surface area contributed by atoms with E-state index in [0.717, 1.165) is 4.47 Å². The third-order valence-electron chi connectivity index (χ3n) is 4.02. The van der Waals surface area contributed by atoms with Gasteiger partial charge in [-0.3, -0.25) is 4.79 Å². The molecule has 0 N–H and O–H groups in total. The van der Waals surface area contributed by atoms with Crippen molar-refractivity contribution in [2.24, 2.45) is 0 Å². The van der Waals surface area contributed by atoms with Crippen molar-refractivity contribution in [1.82, 2.24) is 4.90 Å². The van der Waals surface area contributed by atoms with Gasteiger partial charge in [0.25, 0.3) is 0 Å². The number of ether oxygens (including phenoxy) is 2. The van der Waals surface area contributed by atoms with Crippen LogP contribution >= 0.6 is 15.9 Å². The summed E-state index contributed by atoms with van der Waals surface area (Å²) >= 11 is 3.37. The summed E-state index contributed by atoms with van der Waals surface area (Å²) in [4.78, 5) is 26.3. The number of rotatable bonds is 0. The van der Waals surface area contributed by atoms with E-state index >= 15 is 0 Å². The zero-order chi connectivity index (χ0) is 16.8. The second-order valence-electron chi connectivity index (χ2n) is 7.18. The molecule has 2 aliphatic rings. The first-order valence-electron chi connectivity index (χ1n) is 7.67. The number of hydrogen-bond donors (Lipinski definition) is 0. The molecule has 1 aromatic rings. The highest BCUT2D eigenvalue weighted by atomic mass is 79.9. The van der Waals surface area contributed by atoms with Crippen LogP contribution in [0.4, 0.5) is 4.79 Å². The third kappa shape index (κ3) is 3.37. The molecule has 0 aliphatic carbocycles. The van der Waals surface area contributed by atoms with E-state index in [4.69, 9.17) is 9.47 Å². The van der Waals surface area contributed by atoms with E-state index in [1.54, 1.807) is 17.0 Å². The first kappa shape index (κ1) is 16.3. The summed E-state index contributed by atoms with van der Waals surface area (Å²) in [5, 5.41) is 0. The van der Waals surface area contributed by atoms with Crippen LogP contribution in [-0.4, -0.2) is 41.1 Å². The molecule has 0 radical (unpaired) electrons. The van der Waals surface area contributed by atoms with Gasteiger partial charge in [0, 0.05) is 17.4 Å². The number of Topliss-reactive ketones (excluding diaryl/α,β-unsaturated/α-hetero) is 1. The molecule has 1 spiro atoms. The lowest BCUT2D eigenvalue weighted by Crippen LogP contribution is -2.46. The summed E-state index contributed by atoms with van der Waals surface area (Å²) in [6.45, 7) is 6.43. The Morgan fingerprint density at radius 2 is 2.13 bits per heavy atom. The molecule has 0 aromatic heterocycles. The lowest BCUT2D eigenvalue weighted by Gasteiger charge is -2.34. The van der Waals surface area contributed by atoms with Crippen LogP contribution in [-0.2, 0) is 4.74 Å². The molecule has 2 heterocycles. The summed E-state index contributed by atoms with van der Waals surface area (Å²) in [5.74, 6) is 0.647. The second kappa shape index (κ2) is 5.51. The molecule has 23 heavy (non-hydrogen) atoms. The maximum absolute atomic E-state index is 12.5. The number of hydrogen-bond acceptors (Lipinski definition) is 4. The molecule has 1 amide bonds. The van der Waals surface area contributed by atoms with E-state index in [2.05, 4.69) is 15.9 Å². The fraction of sp³-hybridized carbons (Fsp3) is 0.529. The quantitative estimate of drug-likeness (QED) is 0.685. The van der Waals surface area contributed by atoms with Crippen LogP contribution in [0.1, 0.15) is 44.0 Å². The number of nitrogens with zero attached hydrogens (tertiary/aromatic N) is 1. The Hall–Kier alpha value is -1.56. The van der Waals surface area contributed by atoms with Gasteiger partial charge in [-0.15, -0.1) is 0 Å². The molecular formula is C17H20BrNO4. The van der Waals surface area contributed by atoms with Gasteiger partial charge >= 0.3 is 6.09 Å². The number of carbonyl (C=O) groups is 2. The van der Waals surface area contributed by atoms with Crippen LogP contribution < -0.4 is 4.74 Å². The highest BCUT2D eigenvalue weighted by molar-refractivity contribution is 9.10. The van der Waals surface area contributed by atoms with E-state index in [1.807, 2.05) is 26.8 Å². The number of carbonyl (C=O) groups excluding carboxylic acids is 2. The molecular weight excluding hydrogens is 362 g/mol. The van der Waals surface area contributed by atoms with Crippen molar-refractivity contribution in [3.63, 3.8) is 0 Å². The number of ketones is 1. The summed E-state index contributed by atoms with van der Waals surface area (Å²) in [6.07, 6.45) is 0.565. The van der Waals surface area contributed by atoms with Crippen molar-refractivity contribution in [2.75, 3.05) is 13.1 Å². The molecule has 0 saturated carbocycles. The van der Waals surface area contributed by atoms with Gasteiger partial charge < -0.3 is 14.4 Å². The Balaban J connectivity index is 1.77. The summed E-state index contributed by atoms with van der Waals surface area (Å²) in [6, 6.07) is 5.44. The Bertz CT molecular complexity index is 667. The highest BCUT2D eigenvalue weighted by Crippen LogP contribution is 2.39. The second-order valence-corrected chi connectivity index (χ2v) is 8.09. The summed E-state index contributed by atoms with van der Waals surface area (Å²) in [5.41, 5.74) is -0.565. The van der Waals surface area contributed by atoms with Crippen molar-refractivity contribution >= 4 is 27.8 Å². The van der Waals surface area contributed by atoms with Crippen molar-refractivity contribution in [2.45, 2.75) is 44.8 Å². The van der Waals surface area contributed by atoms with Gasteiger partial charge in [0.2, 0.25) is 0 Å². The van der Waals surface area contributed by atoms with E-state index < -0.39 is 11.2 Å². The van der Waals surface area contributed by atoms with Crippen LogP contribution in [0.3, 0.4) is 0 Å². The standard InChI is InChI=1S/C17H20BrNO4/c1-16(2,3)23-15(21)19-7-6-17(10-19)9-13(20)12-8-11(18)4-5-14(12)22-17/h4-5,8H,6-7,9-10H2,1-3H3. The molecule has 1 atom stereocenters. The van der Waals surface area contributed by atoms with Crippen LogP contribution in [0, 0.1) is 0 Å². The monoisotopic (exact) mass is 381 g/mol. The number of benzene rings is 1. The predicted molar refractivity (Wildman–Crippen MR) is 88.9 cm³/mol. The van der Waals surface area contributed by atoms with E-state index in [9.17, 15) is 9.59 Å². The van der Waals surface area contributed by atoms with Gasteiger partial charge in [-0.05, 0) is 39.0 Å². The minimum atomic E-state index is -0.630. The minimum absolute atomic E-state index is 0.0542. The van der Waals surface area contributed by atoms with Crippen LogP contribution in [0.15, 0.2) is 22.7 Å². The molecule has 0 bridgehead atoms. The molecule has 1 unspecified atom stereocenters. The largest absolute Gasteiger partial charge is 0.484 e. The van der Waals surface area contributed by atoms with Gasteiger partial charge in [0.15, 0.2) is 5.78 Å². The molecule has 2 aliphatic heterocycles. The Morgan fingerprint density at radius 1 is 1.39 bits per heavy atom. The molecule has 3 rings (SSSR count). The molecule has 1 fully saturated rings.